The van der Waals surface area contributed by atoms with Crippen LogP contribution in [0.5, 0.6) is 0 Å². The molecule has 0 unspecified atom stereocenters. The van der Waals surface area contributed by atoms with Gasteiger partial charge in [0, 0.05) is 34.7 Å². The van der Waals surface area contributed by atoms with E-state index in [1.54, 1.807) is 23.5 Å². The molecule has 3 rings (SSSR count). The fourth-order valence-corrected chi connectivity index (χ4v) is 4.20. The Kier molecular flexibility index (Phi) is 6.01. The Bertz CT molecular complexity index is 910. The maximum absolute atomic E-state index is 13.0. The predicted molar refractivity (Wildman–Crippen MR) is 109 cm³/mol. The van der Waals surface area contributed by atoms with E-state index in [1.165, 1.54) is 23.5 Å². The summed E-state index contributed by atoms with van der Waals surface area (Å²) in [4.78, 5) is 21.2. The van der Waals surface area contributed by atoms with E-state index in [1.807, 2.05) is 10.8 Å². The number of hydrogen-bond donors (Lipinski definition) is 1. The van der Waals surface area contributed by atoms with Gasteiger partial charge < -0.3 is 5.32 Å². The summed E-state index contributed by atoms with van der Waals surface area (Å²) >= 11 is 3.12. The lowest BCUT2D eigenvalue weighted by molar-refractivity contribution is -0.120. The highest BCUT2D eigenvalue weighted by Crippen LogP contribution is 2.26. The second-order valence-corrected chi connectivity index (χ2v) is 9.04. The van der Waals surface area contributed by atoms with E-state index < -0.39 is 0 Å². The minimum Gasteiger partial charge on any atom is -0.355 e. The highest BCUT2D eigenvalue weighted by atomic mass is 32.1. The molecule has 1 N–H and O–H groups in total. The van der Waals surface area contributed by atoms with E-state index in [0.717, 1.165) is 27.0 Å². The Morgan fingerprint density at radius 2 is 1.78 bits per heavy atom. The van der Waals surface area contributed by atoms with Crippen LogP contribution in [0.25, 0.3) is 10.6 Å². The maximum atomic E-state index is 13.0. The molecule has 2 heterocycles. The van der Waals surface area contributed by atoms with Crippen LogP contribution in [0.3, 0.4) is 0 Å². The Morgan fingerprint density at radius 3 is 2.44 bits per heavy atom. The molecule has 0 aliphatic rings. The SMILES string of the molecule is CC(C)(C)c1nc(CC(=O)NCCc2csc(-c3ccc(F)cc3)n2)cs1. The van der Waals surface area contributed by atoms with Crippen LogP contribution in [0, 0.1) is 5.82 Å². The zero-order valence-corrected chi connectivity index (χ0v) is 17.2. The molecule has 142 valence electrons. The normalized spacial score (nSPS) is 11.6. The van der Waals surface area contributed by atoms with E-state index in [2.05, 4.69) is 36.1 Å². The van der Waals surface area contributed by atoms with Gasteiger partial charge in [-0.3, -0.25) is 4.79 Å². The van der Waals surface area contributed by atoms with Gasteiger partial charge in [0.05, 0.1) is 22.8 Å². The Morgan fingerprint density at radius 1 is 1.07 bits per heavy atom. The summed E-state index contributed by atoms with van der Waals surface area (Å²) in [5.41, 5.74) is 2.64. The van der Waals surface area contributed by atoms with Crippen molar-refractivity contribution in [3.63, 3.8) is 0 Å². The second kappa shape index (κ2) is 8.27. The maximum Gasteiger partial charge on any atom is 0.226 e. The van der Waals surface area contributed by atoms with Crippen LogP contribution >= 0.6 is 22.7 Å². The molecule has 27 heavy (non-hydrogen) atoms. The van der Waals surface area contributed by atoms with Crippen molar-refractivity contribution in [3.05, 3.63) is 57.2 Å². The number of nitrogens with one attached hydrogen (secondary N) is 1. The lowest BCUT2D eigenvalue weighted by atomic mass is 9.98. The average molecular weight is 404 g/mol. The van der Waals surface area contributed by atoms with Crippen LogP contribution in [0.4, 0.5) is 4.39 Å². The molecule has 1 aromatic carbocycles. The number of carbonyl (C=O) groups is 1. The fourth-order valence-electron chi connectivity index (χ4n) is 2.44. The first-order valence-corrected chi connectivity index (χ1v) is 10.5. The molecule has 0 saturated carbocycles. The quantitative estimate of drug-likeness (QED) is 0.654. The lowest BCUT2D eigenvalue weighted by Crippen LogP contribution is -2.27. The lowest BCUT2D eigenvalue weighted by Gasteiger charge is -2.13. The molecule has 3 aromatic rings. The van der Waals surface area contributed by atoms with Gasteiger partial charge in [-0.25, -0.2) is 14.4 Å². The minimum atomic E-state index is -0.257. The van der Waals surface area contributed by atoms with Crippen molar-refractivity contribution in [1.29, 1.82) is 0 Å². The summed E-state index contributed by atoms with van der Waals surface area (Å²) in [6.07, 6.45) is 0.957. The van der Waals surface area contributed by atoms with Gasteiger partial charge in [0.25, 0.3) is 0 Å². The predicted octanol–water partition coefficient (Wildman–Crippen LogP) is 4.60. The summed E-state index contributed by atoms with van der Waals surface area (Å²) in [5.74, 6) is -0.289. The van der Waals surface area contributed by atoms with Crippen LogP contribution in [0.1, 0.15) is 37.2 Å². The highest BCUT2D eigenvalue weighted by molar-refractivity contribution is 7.13. The summed E-state index contributed by atoms with van der Waals surface area (Å²) in [6.45, 7) is 6.87. The number of rotatable bonds is 6. The van der Waals surface area contributed by atoms with Crippen LogP contribution in [0.2, 0.25) is 0 Å². The molecule has 0 saturated heterocycles. The van der Waals surface area contributed by atoms with Gasteiger partial charge in [0.2, 0.25) is 5.91 Å². The molecule has 4 nitrogen and oxygen atoms in total. The fraction of sp³-hybridized carbons (Fsp3) is 0.350. The number of hydrogen-bond acceptors (Lipinski definition) is 5. The number of halogens is 1. The monoisotopic (exact) mass is 403 g/mol. The zero-order valence-electron chi connectivity index (χ0n) is 15.6. The number of nitrogens with zero attached hydrogens (tertiary/aromatic N) is 2. The van der Waals surface area contributed by atoms with Crippen molar-refractivity contribution < 1.29 is 9.18 Å². The Balaban J connectivity index is 1.48. The number of benzene rings is 1. The van der Waals surface area contributed by atoms with Gasteiger partial charge >= 0.3 is 0 Å². The van der Waals surface area contributed by atoms with Crippen molar-refractivity contribution in [3.8, 4) is 10.6 Å². The van der Waals surface area contributed by atoms with Gasteiger partial charge in [-0.1, -0.05) is 20.8 Å². The third-order valence-corrected chi connectivity index (χ3v) is 6.14. The van der Waals surface area contributed by atoms with Crippen molar-refractivity contribution in [1.82, 2.24) is 15.3 Å². The Labute approximate surface area is 166 Å². The standard InChI is InChI=1S/C20H22FN3OS2/c1-20(2,3)19-24-16(12-27-19)10-17(25)22-9-8-15-11-26-18(23-15)13-4-6-14(21)7-5-13/h4-7,11-12H,8-10H2,1-3H3,(H,22,25). The van der Waals surface area contributed by atoms with Gasteiger partial charge in [0.15, 0.2) is 0 Å². The topological polar surface area (TPSA) is 54.9 Å². The first-order valence-electron chi connectivity index (χ1n) is 8.73. The molecule has 0 radical (unpaired) electrons. The molecule has 0 fully saturated rings. The first-order chi connectivity index (χ1) is 12.8. The molecule has 0 bridgehead atoms. The smallest absolute Gasteiger partial charge is 0.226 e. The number of aromatic nitrogens is 2. The Hall–Kier alpha value is -2.12. The molecule has 7 heteroatoms. The van der Waals surface area contributed by atoms with Crippen LogP contribution in [-0.4, -0.2) is 22.4 Å². The first kappa shape index (κ1) is 19.6. The molecular formula is C20H22FN3OS2. The van der Waals surface area contributed by atoms with Crippen molar-refractivity contribution in [2.45, 2.75) is 39.0 Å². The van der Waals surface area contributed by atoms with Gasteiger partial charge in [0.1, 0.15) is 10.8 Å². The molecule has 0 aliphatic heterocycles. The number of carbonyl (C=O) groups excluding carboxylic acids is 1. The van der Waals surface area contributed by atoms with Gasteiger partial charge in [-0.2, -0.15) is 0 Å². The summed E-state index contributed by atoms with van der Waals surface area (Å²) in [5, 5.41) is 8.75. The van der Waals surface area contributed by atoms with Crippen molar-refractivity contribution in [2.75, 3.05) is 6.54 Å². The largest absolute Gasteiger partial charge is 0.355 e. The van der Waals surface area contributed by atoms with Crippen molar-refractivity contribution >= 4 is 28.6 Å². The summed E-state index contributed by atoms with van der Waals surface area (Å²) in [7, 11) is 0. The van der Waals surface area contributed by atoms with E-state index in [-0.39, 0.29) is 17.1 Å². The molecule has 1 amide bonds. The third kappa shape index (κ3) is 5.43. The van der Waals surface area contributed by atoms with E-state index in [9.17, 15) is 9.18 Å². The minimum absolute atomic E-state index is 0.00619. The number of amides is 1. The van der Waals surface area contributed by atoms with Crippen LogP contribution < -0.4 is 5.32 Å². The molecular weight excluding hydrogens is 381 g/mol. The highest BCUT2D eigenvalue weighted by Gasteiger charge is 2.18. The van der Waals surface area contributed by atoms with Gasteiger partial charge in [-0.15, -0.1) is 22.7 Å². The molecule has 2 aromatic heterocycles. The average Bonchev–Trinajstić information content (AvgIpc) is 3.25. The number of thiazole rings is 2. The summed E-state index contributed by atoms with van der Waals surface area (Å²) < 4.78 is 13.0. The second-order valence-electron chi connectivity index (χ2n) is 7.32. The van der Waals surface area contributed by atoms with Gasteiger partial charge in [-0.05, 0) is 24.3 Å². The van der Waals surface area contributed by atoms with Crippen LogP contribution in [0.15, 0.2) is 35.0 Å². The van der Waals surface area contributed by atoms with E-state index >= 15 is 0 Å². The van der Waals surface area contributed by atoms with E-state index in [0.29, 0.717) is 19.4 Å². The molecule has 0 aliphatic carbocycles. The molecule has 0 spiro atoms. The van der Waals surface area contributed by atoms with Crippen molar-refractivity contribution in [2.24, 2.45) is 0 Å². The zero-order chi connectivity index (χ0) is 19.4. The summed E-state index contributed by atoms with van der Waals surface area (Å²) in [6, 6.07) is 6.30. The van der Waals surface area contributed by atoms with Crippen LogP contribution in [-0.2, 0) is 23.1 Å². The molecule has 0 atom stereocenters. The van der Waals surface area contributed by atoms with E-state index in [4.69, 9.17) is 0 Å². The third-order valence-electron chi connectivity index (χ3n) is 3.88.